The van der Waals surface area contributed by atoms with Crippen LogP contribution in [0.2, 0.25) is 0 Å². The molecule has 0 amide bonds. The van der Waals surface area contributed by atoms with E-state index in [0.717, 1.165) is 23.1 Å². The number of rotatable bonds is 2. The van der Waals surface area contributed by atoms with E-state index < -0.39 is 11.6 Å². The van der Waals surface area contributed by atoms with E-state index in [1.165, 1.54) is 0 Å². The highest BCUT2D eigenvalue weighted by molar-refractivity contribution is 5.67. The van der Waals surface area contributed by atoms with Crippen LogP contribution in [-0.4, -0.2) is 0 Å². The van der Waals surface area contributed by atoms with E-state index in [-0.39, 0.29) is 17.4 Å². The predicted octanol–water partition coefficient (Wildman–Crippen LogP) is 6.01. The Morgan fingerprint density at radius 2 is 1.64 bits per heavy atom. The lowest BCUT2D eigenvalue weighted by molar-refractivity contribution is 0.165. The smallest absolute Gasteiger partial charge is 0.201 e. The van der Waals surface area contributed by atoms with Gasteiger partial charge < -0.3 is 4.74 Å². The number of aryl methyl sites for hydroxylation is 2. The van der Waals surface area contributed by atoms with Crippen LogP contribution in [-0.2, 0) is 6.42 Å². The first-order valence-electron chi connectivity index (χ1n) is 8.43. The van der Waals surface area contributed by atoms with Crippen molar-refractivity contribution < 1.29 is 13.5 Å². The summed E-state index contributed by atoms with van der Waals surface area (Å²) in [7, 11) is 0. The lowest BCUT2D eigenvalue weighted by atomic mass is 9.93. The zero-order valence-electron chi connectivity index (χ0n) is 13.9. The largest absolute Gasteiger partial charge is 0.482 e. The molecular formula is C22H18F2O. The lowest BCUT2D eigenvalue weighted by Crippen LogP contribution is -2.17. The first-order valence-corrected chi connectivity index (χ1v) is 8.43. The number of halogens is 2. The van der Waals surface area contributed by atoms with Gasteiger partial charge in [-0.25, -0.2) is 4.39 Å². The molecule has 1 heterocycles. The van der Waals surface area contributed by atoms with E-state index >= 15 is 0 Å². The summed E-state index contributed by atoms with van der Waals surface area (Å²) < 4.78 is 35.2. The molecule has 25 heavy (non-hydrogen) atoms. The molecule has 1 nitrogen and oxygen atoms in total. The minimum absolute atomic E-state index is 0.0495. The quantitative estimate of drug-likeness (QED) is 0.557. The summed E-state index contributed by atoms with van der Waals surface area (Å²) in [5.74, 6) is -1.70. The average molecular weight is 336 g/mol. The Bertz CT molecular complexity index is 902. The van der Waals surface area contributed by atoms with Crippen LogP contribution in [0.1, 0.15) is 29.2 Å². The third-order valence-electron chi connectivity index (χ3n) is 4.71. The van der Waals surface area contributed by atoms with Crippen molar-refractivity contribution in [2.24, 2.45) is 0 Å². The number of fused-ring (bicyclic) bond motifs is 1. The molecule has 0 N–H and O–H groups in total. The monoisotopic (exact) mass is 336 g/mol. The van der Waals surface area contributed by atoms with Gasteiger partial charge in [-0.15, -0.1) is 0 Å². The van der Waals surface area contributed by atoms with Crippen molar-refractivity contribution in [3.8, 4) is 16.9 Å². The molecule has 3 aromatic carbocycles. The number of ether oxygens (including phenoxy) is 1. The van der Waals surface area contributed by atoms with Gasteiger partial charge in [0.05, 0.1) is 0 Å². The van der Waals surface area contributed by atoms with Crippen molar-refractivity contribution in [2.75, 3.05) is 0 Å². The van der Waals surface area contributed by atoms with Gasteiger partial charge in [0.1, 0.15) is 6.10 Å². The van der Waals surface area contributed by atoms with Crippen LogP contribution in [0, 0.1) is 18.6 Å². The van der Waals surface area contributed by atoms with Crippen LogP contribution < -0.4 is 4.74 Å². The van der Waals surface area contributed by atoms with Crippen molar-refractivity contribution in [3.05, 3.63) is 89.0 Å². The van der Waals surface area contributed by atoms with Gasteiger partial charge >= 0.3 is 0 Å². The minimum atomic E-state index is -0.895. The summed E-state index contributed by atoms with van der Waals surface area (Å²) in [5.41, 5.74) is 3.75. The van der Waals surface area contributed by atoms with Gasteiger partial charge in [-0.1, -0.05) is 60.2 Å². The van der Waals surface area contributed by atoms with Gasteiger partial charge in [0.25, 0.3) is 0 Å². The molecule has 4 rings (SSSR count). The lowest BCUT2D eigenvalue weighted by Gasteiger charge is -2.27. The third kappa shape index (κ3) is 2.91. The topological polar surface area (TPSA) is 9.23 Å². The maximum atomic E-state index is 14.7. The first-order chi connectivity index (χ1) is 12.1. The Kier molecular flexibility index (Phi) is 4.00. The molecule has 0 bridgehead atoms. The van der Waals surface area contributed by atoms with E-state index in [2.05, 4.69) is 0 Å². The molecule has 3 heteroatoms. The van der Waals surface area contributed by atoms with Gasteiger partial charge in [-0.05, 0) is 42.5 Å². The molecule has 3 aromatic rings. The Labute approximate surface area is 145 Å². The molecule has 0 saturated heterocycles. The summed E-state index contributed by atoms with van der Waals surface area (Å²) in [6.07, 6.45) is 1.16. The van der Waals surface area contributed by atoms with E-state index in [9.17, 15) is 8.78 Å². The zero-order valence-corrected chi connectivity index (χ0v) is 13.9. The van der Waals surface area contributed by atoms with Crippen LogP contribution in [0.25, 0.3) is 11.1 Å². The molecular weight excluding hydrogens is 318 g/mol. The van der Waals surface area contributed by atoms with Crippen molar-refractivity contribution in [1.29, 1.82) is 0 Å². The fourth-order valence-corrected chi connectivity index (χ4v) is 3.31. The van der Waals surface area contributed by atoms with Crippen molar-refractivity contribution in [1.82, 2.24) is 0 Å². The van der Waals surface area contributed by atoms with Crippen molar-refractivity contribution in [3.63, 3.8) is 0 Å². The maximum absolute atomic E-state index is 14.7. The van der Waals surface area contributed by atoms with Crippen LogP contribution in [0.4, 0.5) is 8.78 Å². The highest BCUT2D eigenvalue weighted by Crippen LogP contribution is 2.40. The maximum Gasteiger partial charge on any atom is 0.201 e. The fourth-order valence-electron chi connectivity index (χ4n) is 3.31. The van der Waals surface area contributed by atoms with Gasteiger partial charge in [0.2, 0.25) is 5.82 Å². The van der Waals surface area contributed by atoms with E-state index in [4.69, 9.17) is 4.74 Å². The summed E-state index contributed by atoms with van der Waals surface area (Å²) >= 11 is 0. The molecule has 1 unspecified atom stereocenters. The Morgan fingerprint density at radius 3 is 2.36 bits per heavy atom. The summed E-state index contributed by atoms with van der Waals surface area (Å²) in [6.45, 7) is 1.96. The number of hydrogen-bond donors (Lipinski definition) is 0. The highest BCUT2D eigenvalue weighted by Gasteiger charge is 2.28. The molecule has 1 atom stereocenters. The number of benzene rings is 3. The molecule has 0 radical (unpaired) electrons. The van der Waals surface area contributed by atoms with Crippen molar-refractivity contribution >= 4 is 0 Å². The van der Waals surface area contributed by atoms with E-state index in [1.54, 1.807) is 6.07 Å². The van der Waals surface area contributed by atoms with Gasteiger partial charge in [0.15, 0.2) is 11.6 Å². The highest BCUT2D eigenvalue weighted by atomic mass is 19.2. The second-order valence-corrected chi connectivity index (χ2v) is 6.46. The van der Waals surface area contributed by atoms with Gasteiger partial charge in [0, 0.05) is 5.56 Å². The van der Waals surface area contributed by atoms with Crippen LogP contribution in [0.15, 0.2) is 60.7 Å². The normalized spacial score (nSPS) is 16.2. The number of hydrogen-bond acceptors (Lipinski definition) is 1. The molecule has 0 spiro atoms. The van der Waals surface area contributed by atoms with Crippen LogP contribution in [0.3, 0.4) is 0 Å². The SMILES string of the molecule is Cc1ccc(-c2cc3c(c(F)c2F)OC(c2ccccc2)CC3)cc1. The van der Waals surface area contributed by atoms with Crippen molar-refractivity contribution in [2.45, 2.75) is 25.9 Å². The summed E-state index contributed by atoms with van der Waals surface area (Å²) in [4.78, 5) is 0. The fraction of sp³-hybridized carbons (Fsp3) is 0.182. The summed E-state index contributed by atoms with van der Waals surface area (Å²) in [6, 6.07) is 18.8. The molecule has 0 fully saturated rings. The average Bonchev–Trinajstić information content (AvgIpc) is 2.66. The second-order valence-electron chi connectivity index (χ2n) is 6.46. The molecule has 1 aliphatic rings. The Hall–Kier alpha value is -2.68. The molecule has 1 aliphatic heterocycles. The van der Waals surface area contributed by atoms with E-state index in [0.29, 0.717) is 12.0 Å². The van der Waals surface area contributed by atoms with Gasteiger partial charge in [-0.3, -0.25) is 0 Å². The second kappa shape index (κ2) is 6.32. The molecule has 0 aliphatic carbocycles. The third-order valence-corrected chi connectivity index (χ3v) is 4.71. The first kappa shape index (κ1) is 15.8. The minimum Gasteiger partial charge on any atom is -0.482 e. The Balaban J connectivity index is 1.73. The molecule has 0 saturated carbocycles. The van der Waals surface area contributed by atoms with Crippen LogP contribution in [0.5, 0.6) is 5.75 Å². The zero-order chi connectivity index (χ0) is 17.4. The molecule has 0 aromatic heterocycles. The van der Waals surface area contributed by atoms with Gasteiger partial charge in [-0.2, -0.15) is 4.39 Å². The Morgan fingerprint density at radius 1 is 0.920 bits per heavy atom. The summed E-state index contributed by atoms with van der Waals surface area (Å²) in [5, 5.41) is 0. The van der Waals surface area contributed by atoms with Crippen LogP contribution >= 0.6 is 0 Å². The predicted molar refractivity (Wildman–Crippen MR) is 94.7 cm³/mol. The molecule has 126 valence electrons. The standard InChI is InChI=1S/C22H18F2O/c1-14-7-9-15(10-8-14)18-13-17-11-12-19(16-5-3-2-4-6-16)25-22(17)21(24)20(18)23/h2-10,13,19H,11-12H2,1H3. The van der Waals surface area contributed by atoms with E-state index in [1.807, 2.05) is 61.5 Å².